The van der Waals surface area contributed by atoms with E-state index in [-0.39, 0.29) is 12.1 Å². The van der Waals surface area contributed by atoms with E-state index in [0.29, 0.717) is 24.2 Å². The van der Waals surface area contributed by atoms with Crippen molar-refractivity contribution in [3.8, 4) is 11.3 Å². The molecule has 0 bridgehead atoms. The molecule has 1 aliphatic rings. The number of pyridine rings is 1. The first-order valence-electron chi connectivity index (χ1n) is 10.4. The molecule has 1 amide bonds. The topological polar surface area (TPSA) is 96.0 Å². The second kappa shape index (κ2) is 8.34. The second-order valence-electron chi connectivity index (χ2n) is 8.87. The number of likely N-dealkylation sites (tertiary alicyclic amines) is 1. The van der Waals surface area contributed by atoms with Gasteiger partial charge in [0, 0.05) is 42.5 Å². The number of anilines is 1. The van der Waals surface area contributed by atoms with Crippen molar-refractivity contribution < 1.29 is 9.53 Å². The number of H-pyrrole nitrogens is 1. The Kier molecular flexibility index (Phi) is 5.75. The molecule has 1 saturated heterocycles. The Morgan fingerprint density at radius 3 is 2.90 bits per heavy atom. The zero-order chi connectivity index (χ0) is 22.2. The molecule has 0 spiro atoms. The van der Waals surface area contributed by atoms with Crippen molar-refractivity contribution in [3.05, 3.63) is 35.2 Å². The van der Waals surface area contributed by atoms with Gasteiger partial charge in [-0.15, -0.1) is 0 Å². The molecule has 0 saturated carbocycles. The number of hydrogen-bond acceptors (Lipinski definition) is 6. The van der Waals surface area contributed by atoms with Crippen LogP contribution < -0.4 is 5.32 Å². The summed E-state index contributed by atoms with van der Waals surface area (Å²) in [5, 5.41) is 4.79. The normalized spacial score (nSPS) is 17.1. The van der Waals surface area contributed by atoms with Crippen molar-refractivity contribution >= 4 is 34.7 Å². The number of nitrogens with one attached hydrogen (secondary N) is 2. The van der Waals surface area contributed by atoms with Gasteiger partial charge in [0.25, 0.3) is 0 Å². The Hall–Kier alpha value is -2.87. The van der Waals surface area contributed by atoms with E-state index in [0.717, 1.165) is 40.7 Å². The van der Waals surface area contributed by atoms with Crippen LogP contribution in [-0.2, 0) is 4.74 Å². The minimum atomic E-state index is -0.509. The lowest BCUT2D eigenvalue weighted by Crippen LogP contribution is -2.47. The Balaban J connectivity index is 1.53. The van der Waals surface area contributed by atoms with E-state index in [1.807, 2.05) is 40.0 Å². The number of halogens is 1. The van der Waals surface area contributed by atoms with Crippen molar-refractivity contribution in [3.63, 3.8) is 0 Å². The van der Waals surface area contributed by atoms with Crippen LogP contribution in [0.3, 0.4) is 0 Å². The highest BCUT2D eigenvalue weighted by Crippen LogP contribution is 2.30. The number of aryl methyl sites for hydroxylation is 1. The molecule has 8 nitrogen and oxygen atoms in total. The summed E-state index contributed by atoms with van der Waals surface area (Å²) in [6, 6.07) is 3.76. The first-order chi connectivity index (χ1) is 14.7. The van der Waals surface area contributed by atoms with Crippen LogP contribution >= 0.6 is 11.6 Å². The summed E-state index contributed by atoms with van der Waals surface area (Å²) in [5.41, 5.74) is 2.94. The van der Waals surface area contributed by atoms with Gasteiger partial charge < -0.3 is 19.9 Å². The predicted octanol–water partition coefficient (Wildman–Crippen LogP) is 4.79. The summed E-state index contributed by atoms with van der Waals surface area (Å²) < 4.78 is 5.52. The van der Waals surface area contributed by atoms with Crippen LogP contribution in [0.5, 0.6) is 0 Å². The molecular weight excluding hydrogens is 416 g/mol. The van der Waals surface area contributed by atoms with E-state index in [1.54, 1.807) is 17.2 Å². The Bertz CT molecular complexity index is 1110. The molecule has 0 unspecified atom stereocenters. The molecule has 0 aliphatic carbocycles. The molecule has 1 fully saturated rings. The van der Waals surface area contributed by atoms with Gasteiger partial charge in [-0.2, -0.15) is 0 Å². The number of rotatable bonds is 3. The van der Waals surface area contributed by atoms with Gasteiger partial charge in [0.2, 0.25) is 5.95 Å². The van der Waals surface area contributed by atoms with Gasteiger partial charge in [-0.3, -0.25) is 0 Å². The number of carbonyl (C=O) groups excluding carboxylic acids is 1. The minimum absolute atomic E-state index is 0.0558. The van der Waals surface area contributed by atoms with E-state index >= 15 is 0 Å². The van der Waals surface area contributed by atoms with Gasteiger partial charge in [0.15, 0.2) is 0 Å². The van der Waals surface area contributed by atoms with E-state index in [2.05, 4.69) is 20.3 Å². The van der Waals surface area contributed by atoms with Crippen LogP contribution in [0.25, 0.3) is 22.3 Å². The largest absolute Gasteiger partial charge is 0.444 e. The summed E-state index contributed by atoms with van der Waals surface area (Å²) in [5.74, 6) is 0.535. The number of amides is 1. The van der Waals surface area contributed by atoms with E-state index in [1.165, 1.54) is 0 Å². The molecule has 0 radical (unpaired) electrons. The van der Waals surface area contributed by atoms with Crippen molar-refractivity contribution in [1.82, 2.24) is 24.8 Å². The molecule has 2 N–H and O–H groups in total. The average Bonchev–Trinajstić information content (AvgIpc) is 3.11. The molecule has 31 heavy (non-hydrogen) atoms. The summed E-state index contributed by atoms with van der Waals surface area (Å²) in [6.45, 7) is 8.85. The quantitative estimate of drug-likeness (QED) is 0.566. The fourth-order valence-corrected chi connectivity index (χ4v) is 3.88. The lowest BCUT2D eigenvalue weighted by atomic mass is 10.1. The molecule has 1 atom stereocenters. The Morgan fingerprint density at radius 1 is 1.32 bits per heavy atom. The maximum absolute atomic E-state index is 12.4. The molecule has 4 heterocycles. The van der Waals surface area contributed by atoms with E-state index in [9.17, 15) is 4.79 Å². The summed E-state index contributed by atoms with van der Waals surface area (Å²) in [6.07, 6.45) is 5.24. The maximum Gasteiger partial charge on any atom is 0.410 e. The molecule has 3 aromatic rings. The monoisotopic (exact) mass is 442 g/mol. The van der Waals surface area contributed by atoms with Gasteiger partial charge in [-0.05, 0) is 58.2 Å². The van der Waals surface area contributed by atoms with Crippen LogP contribution in [0.1, 0.15) is 39.2 Å². The van der Waals surface area contributed by atoms with Gasteiger partial charge in [0.05, 0.1) is 5.69 Å². The number of nitrogens with zero attached hydrogens (tertiary/aromatic N) is 4. The molecule has 4 rings (SSSR count). The number of ether oxygens (including phenoxy) is 1. The molecule has 0 aromatic carbocycles. The number of carbonyl (C=O) groups is 1. The minimum Gasteiger partial charge on any atom is -0.444 e. The predicted molar refractivity (Wildman–Crippen MR) is 121 cm³/mol. The van der Waals surface area contributed by atoms with Gasteiger partial charge >= 0.3 is 6.09 Å². The van der Waals surface area contributed by atoms with E-state index in [4.69, 9.17) is 21.3 Å². The summed E-state index contributed by atoms with van der Waals surface area (Å²) in [7, 11) is 0. The highest BCUT2D eigenvalue weighted by molar-refractivity contribution is 6.29. The molecular formula is C22H27ClN6O2. The number of fused-ring (bicyclic) bond motifs is 1. The number of hydrogen-bond donors (Lipinski definition) is 2. The van der Waals surface area contributed by atoms with Crippen LogP contribution in [0.2, 0.25) is 5.15 Å². The second-order valence-corrected chi connectivity index (χ2v) is 9.25. The fourth-order valence-electron chi connectivity index (χ4n) is 3.73. The van der Waals surface area contributed by atoms with E-state index < -0.39 is 5.60 Å². The summed E-state index contributed by atoms with van der Waals surface area (Å²) in [4.78, 5) is 30.9. The lowest BCUT2D eigenvalue weighted by Gasteiger charge is -2.34. The highest BCUT2D eigenvalue weighted by atomic mass is 35.5. The third-order valence-corrected chi connectivity index (χ3v) is 5.35. The van der Waals surface area contributed by atoms with Crippen molar-refractivity contribution in [2.24, 2.45) is 0 Å². The highest BCUT2D eigenvalue weighted by Gasteiger charge is 2.28. The molecule has 1 aliphatic heterocycles. The fraction of sp³-hybridized carbons (Fsp3) is 0.455. The first kappa shape index (κ1) is 21.4. The van der Waals surface area contributed by atoms with Crippen LogP contribution in [0.4, 0.5) is 10.7 Å². The van der Waals surface area contributed by atoms with Crippen LogP contribution in [0.15, 0.2) is 24.5 Å². The molecule has 3 aromatic heterocycles. The first-order valence-corrected chi connectivity index (χ1v) is 10.8. The SMILES string of the molecule is Cc1cnc(N[C@H]2CCCN(C(=O)OC(C)(C)C)C2)nc1-c1c[nH]c2nc(Cl)ccc12. The molecule has 164 valence electrons. The van der Waals surface area contributed by atoms with Gasteiger partial charge in [-0.1, -0.05) is 11.6 Å². The van der Waals surface area contributed by atoms with Gasteiger partial charge in [0.1, 0.15) is 16.4 Å². The number of aromatic nitrogens is 4. The maximum atomic E-state index is 12.4. The lowest BCUT2D eigenvalue weighted by molar-refractivity contribution is 0.0206. The smallest absolute Gasteiger partial charge is 0.410 e. The van der Waals surface area contributed by atoms with Crippen molar-refractivity contribution in [1.29, 1.82) is 0 Å². The number of aromatic amines is 1. The van der Waals surface area contributed by atoms with Gasteiger partial charge in [-0.25, -0.2) is 19.7 Å². The van der Waals surface area contributed by atoms with Crippen LogP contribution in [-0.4, -0.2) is 55.7 Å². The third-order valence-electron chi connectivity index (χ3n) is 5.14. The third kappa shape index (κ3) is 4.90. The zero-order valence-corrected chi connectivity index (χ0v) is 19.0. The summed E-state index contributed by atoms with van der Waals surface area (Å²) >= 11 is 6.00. The van der Waals surface area contributed by atoms with Crippen molar-refractivity contribution in [2.75, 3.05) is 18.4 Å². The molecule has 9 heteroatoms. The average molecular weight is 443 g/mol. The van der Waals surface area contributed by atoms with Crippen LogP contribution in [0, 0.1) is 6.92 Å². The number of piperidine rings is 1. The Morgan fingerprint density at radius 2 is 2.13 bits per heavy atom. The standard InChI is InChI=1S/C22H27ClN6O2/c1-13-10-25-20(26-14-6-5-9-29(12-14)21(30)31-22(2,3)4)28-18(13)16-11-24-19-15(16)7-8-17(23)27-19/h7-8,10-11,14H,5-6,9,12H2,1-4H3,(H,24,27)(H,25,26,28)/t14-/m0/s1. The zero-order valence-electron chi connectivity index (χ0n) is 18.2. The van der Waals surface area contributed by atoms with Crippen molar-refractivity contribution in [2.45, 2.75) is 52.2 Å². The Labute approximate surface area is 186 Å².